The van der Waals surface area contributed by atoms with Gasteiger partial charge in [0.1, 0.15) is 23.3 Å². The van der Waals surface area contributed by atoms with Crippen molar-refractivity contribution in [1.82, 2.24) is 9.80 Å². The van der Waals surface area contributed by atoms with Gasteiger partial charge in [0.05, 0.1) is 0 Å². The second-order valence-corrected chi connectivity index (χ2v) is 12.3. The second-order valence-electron chi connectivity index (χ2n) is 12.3. The molecule has 0 aliphatic carbocycles. The van der Waals surface area contributed by atoms with Crippen molar-refractivity contribution < 1.29 is 28.7 Å². The van der Waals surface area contributed by atoms with Crippen molar-refractivity contribution in [2.24, 2.45) is 17.8 Å². The lowest BCUT2D eigenvalue weighted by molar-refractivity contribution is -0.139. The third-order valence-electron chi connectivity index (χ3n) is 8.21. The van der Waals surface area contributed by atoms with Gasteiger partial charge in [-0.1, -0.05) is 80.6 Å². The predicted molar refractivity (Wildman–Crippen MR) is 154 cm³/mol. The van der Waals surface area contributed by atoms with Gasteiger partial charge >= 0.3 is 12.2 Å². The van der Waals surface area contributed by atoms with Gasteiger partial charge in [0, 0.05) is 12.3 Å². The molecule has 2 aliphatic heterocycles. The fourth-order valence-electron chi connectivity index (χ4n) is 6.45. The minimum absolute atomic E-state index is 0.0886. The lowest BCUT2D eigenvalue weighted by Crippen LogP contribution is -2.46. The van der Waals surface area contributed by atoms with Gasteiger partial charge < -0.3 is 9.47 Å². The molecular formula is C33H40N2O6. The molecule has 8 nitrogen and oxygen atoms in total. The van der Waals surface area contributed by atoms with E-state index in [0.29, 0.717) is 6.42 Å². The van der Waals surface area contributed by atoms with Crippen LogP contribution in [-0.2, 0) is 19.1 Å². The number of ether oxygens (including phenoxy) is 2. The molecule has 0 spiro atoms. The van der Waals surface area contributed by atoms with E-state index in [1.54, 1.807) is 33.8 Å². The zero-order valence-electron chi connectivity index (χ0n) is 24.7. The topological polar surface area (TPSA) is 93.2 Å². The van der Waals surface area contributed by atoms with E-state index in [0.717, 1.165) is 11.1 Å². The number of allylic oxidation sites excluding steroid dienone is 1. The van der Waals surface area contributed by atoms with Crippen molar-refractivity contribution in [3.8, 4) is 0 Å². The normalized spacial score (nSPS) is 23.4. The van der Waals surface area contributed by atoms with Crippen LogP contribution < -0.4 is 0 Å². The van der Waals surface area contributed by atoms with Crippen molar-refractivity contribution in [2.45, 2.75) is 77.7 Å². The van der Waals surface area contributed by atoms with E-state index in [-0.39, 0.29) is 12.3 Å². The van der Waals surface area contributed by atoms with Crippen LogP contribution in [0.5, 0.6) is 0 Å². The molecule has 4 rings (SSSR count). The van der Waals surface area contributed by atoms with Crippen molar-refractivity contribution in [1.29, 1.82) is 0 Å². The lowest BCUT2D eigenvalue weighted by atomic mass is 9.78. The van der Waals surface area contributed by atoms with Gasteiger partial charge in [-0.2, -0.15) is 0 Å². The van der Waals surface area contributed by atoms with E-state index < -0.39 is 59.1 Å². The zero-order chi connectivity index (χ0) is 30.1. The molecular weight excluding hydrogens is 520 g/mol. The standard InChI is InChI=1S/C33H40N2O6/c1-8-15-21(2)26(29(37)35-28(24-18-13-10-14-19-24)33(6,7)41-31(35)39)22(3)20-25(36)34-27(23-16-11-9-12-17-23)32(4,5)40-30(34)38/h8-14,16-19,21-22,26-28H,1,15,20H2,2-7H3/t21-,22-,26-,27-,28-/m0/s1. The summed E-state index contributed by atoms with van der Waals surface area (Å²) in [5.41, 5.74) is -0.322. The molecule has 0 bridgehead atoms. The van der Waals surface area contributed by atoms with Gasteiger partial charge in [0.15, 0.2) is 0 Å². The summed E-state index contributed by atoms with van der Waals surface area (Å²) in [4.78, 5) is 56.7. The van der Waals surface area contributed by atoms with Crippen molar-refractivity contribution in [3.05, 3.63) is 84.4 Å². The number of hydrogen-bond donors (Lipinski definition) is 0. The van der Waals surface area contributed by atoms with Crippen LogP contribution in [0.2, 0.25) is 0 Å². The first-order chi connectivity index (χ1) is 19.3. The van der Waals surface area contributed by atoms with Crippen LogP contribution >= 0.6 is 0 Å². The summed E-state index contributed by atoms with van der Waals surface area (Å²) in [6, 6.07) is 17.4. The van der Waals surface area contributed by atoms with E-state index in [2.05, 4.69) is 6.58 Å². The molecule has 41 heavy (non-hydrogen) atoms. The summed E-state index contributed by atoms with van der Waals surface area (Å²) in [7, 11) is 0. The Kier molecular flexibility index (Phi) is 8.43. The Morgan fingerprint density at radius 2 is 1.24 bits per heavy atom. The molecule has 4 amide bonds. The van der Waals surface area contributed by atoms with Crippen LogP contribution in [0.25, 0.3) is 0 Å². The number of imide groups is 2. The minimum atomic E-state index is -0.951. The van der Waals surface area contributed by atoms with Crippen LogP contribution in [0, 0.1) is 17.8 Å². The second kappa shape index (κ2) is 11.5. The molecule has 8 heteroatoms. The summed E-state index contributed by atoms with van der Waals surface area (Å²) in [5.74, 6) is -2.30. The molecule has 0 radical (unpaired) electrons. The Morgan fingerprint density at radius 1 is 0.805 bits per heavy atom. The Labute approximate surface area is 242 Å². The van der Waals surface area contributed by atoms with Crippen molar-refractivity contribution in [3.63, 3.8) is 0 Å². The zero-order valence-corrected chi connectivity index (χ0v) is 24.7. The number of carbonyl (C=O) groups is 4. The van der Waals surface area contributed by atoms with Crippen LogP contribution in [0.4, 0.5) is 9.59 Å². The molecule has 218 valence electrons. The summed E-state index contributed by atoms with van der Waals surface area (Å²) >= 11 is 0. The maximum Gasteiger partial charge on any atom is 0.417 e. The first-order valence-electron chi connectivity index (χ1n) is 14.1. The number of rotatable bonds is 9. The van der Waals surface area contributed by atoms with Crippen LogP contribution in [0.15, 0.2) is 73.3 Å². The van der Waals surface area contributed by atoms with E-state index in [9.17, 15) is 19.2 Å². The minimum Gasteiger partial charge on any atom is -0.440 e. The predicted octanol–water partition coefficient (Wildman–Crippen LogP) is 6.84. The molecule has 2 saturated heterocycles. The summed E-state index contributed by atoms with van der Waals surface area (Å²) < 4.78 is 11.3. The van der Waals surface area contributed by atoms with Crippen molar-refractivity contribution >= 4 is 24.0 Å². The van der Waals surface area contributed by atoms with Gasteiger partial charge in [-0.3, -0.25) is 9.59 Å². The van der Waals surface area contributed by atoms with Gasteiger partial charge in [-0.15, -0.1) is 6.58 Å². The molecule has 0 unspecified atom stereocenters. The molecule has 2 heterocycles. The molecule has 5 atom stereocenters. The number of benzene rings is 2. The highest BCUT2D eigenvalue weighted by molar-refractivity contribution is 5.97. The third-order valence-corrected chi connectivity index (χ3v) is 8.21. The number of amides is 4. The Morgan fingerprint density at radius 3 is 1.71 bits per heavy atom. The highest BCUT2D eigenvalue weighted by Gasteiger charge is 2.55. The Hall–Kier alpha value is -3.94. The van der Waals surface area contributed by atoms with Crippen LogP contribution in [-0.4, -0.2) is 45.0 Å². The summed E-state index contributed by atoms with van der Waals surface area (Å²) in [6.07, 6.45) is 0.720. The first-order valence-corrected chi connectivity index (χ1v) is 14.1. The molecule has 0 saturated carbocycles. The number of carbonyl (C=O) groups excluding carboxylic acids is 4. The molecule has 2 fully saturated rings. The fraction of sp³-hybridized carbons (Fsp3) is 0.455. The van der Waals surface area contributed by atoms with Gasteiger partial charge in [0.25, 0.3) is 0 Å². The van der Waals surface area contributed by atoms with E-state index in [1.807, 2.05) is 74.5 Å². The van der Waals surface area contributed by atoms with Crippen LogP contribution in [0.3, 0.4) is 0 Å². The largest absolute Gasteiger partial charge is 0.440 e. The molecule has 0 aromatic heterocycles. The molecule has 0 N–H and O–H groups in total. The number of hydrogen-bond acceptors (Lipinski definition) is 6. The average Bonchev–Trinajstić information content (AvgIpc) is 3.30. The average molecular weight is 561 g/mol. The fourth-order valence-corrected chi connectivity index (χ4v) is 6.45. The van der Waals surface area contributed by atoms with Gasteiger partial charge in [0.2, 0.25) is 11.8 Å². The maximum absolute atomic E-state index is 14.3. The quantitative estimate of drug-likeness (QED) is 0.312. The van der Waals surface area contributed by atoms with E-state index >= 15 is 0 Å². The summed E-state index contributed by atoms with van der Waals surface area (Å²) in [6.45, 7) is 14.7. The summed E-state index contributed by atoms with van der Waals surface area (Å²) in [5, 5.41) is 0. The van der Waals surface area contributed by atoms with Gasteiger partial charge in [-0.05, 0) is 57.1 Å². The SMILES string of the molecule is C=CC[C@H](C)[C@H](C(=O)N1C(=O)OC(C)(C)[C@@H]1c1ccccc1)[C@@H](C)CC(=O)N1C(=O)OC(C)(C)[C@@H]1c1ccccc1. The van der Waals surface area contributed by atoms with E-state index in [4.69, 9.17) is 9.47 Å². The lowest BCUT2D eigenvalue weighted by Gasteiger charge is -2.35. The number of nitrogens with zero attached hydrogens (tertiary/aromatic N) is 2. The van der Waals surface area contributed by atoms with Crippen molar-refractivity contribution in [2.75, 3.05) is 0 Å². The number of cyclic esters (lactones) is 2. The Bertz CT molecular complexity index is 1310. The van der Waals surface area contributed by atoms with Crippen LogP contribution in [0.1, 0.15) is 77.6 Å². The smallest absolute Gasteiger partial charge is 0.417 e. The molecule has 2 aliphatic rings. The maximum atomic E-state index is 14.3. The molecule has 2 aromatic rings. The van der Waals surface area contributed by atoms with Gasteiger partial charge in [-0.25, -0.2) is 19.4 Å². The highest BCUT2D eigenvalue weighted by Crippen LogP contribution is 2.45. The Balaban J connectivity index is 1.65. The van der Waals surface area contributed by atoms with E-state index in [1.165, 1.54) is 9.80 Å². The monoisotopic (exact) mass is 560 g/mol. The molecule has 2 aromatic carbocycles. The first kappa shape index (κ1) is 30.0. The highest BCUT2D eigenvalue weighted by atomic mass is 16.6. The third kappa shape index (κ3) is 5.78.